The summed E-state index contributed by atoms with van der Waals surface area (Å²) in [4.78, 5) is 0. The highest BCUT2D eigenvalue weighted by molar-refractivity contribution is 5.18. The summed E-state index contributed by atoms with van der Waals surface area (Å²) in [6.07, 6.45) is -3.38. The van der Waals surface area contributed by atoms with Crippen LogP contribution in [-0.2, 0) is 18.9 Å². The SMILES string of the molecule is OC[C@H]1O[C@@H](c2ccccc2)O[C@@H]1[C@H]1O[C@H](c2ccccc2)O[C@@H]1CO. The van der Waals surface area contributed by atoms with E-state index in [0.717, 1.165) is 11.1 Å². The Kier molecular flexibility index (Phi) is 5.31. The Morgan fingerprint density at radius 1 is 0.577 bits per heavy atom. The molecular formula is C20H22O6. The fourth-order valence-corrected chi connectivity index (χ4v) is 3.40. The maximum absolute atomic E-state index is 9.74. The van der Waals surface area contributed by atoms with E-state index in [-0.39, 0.29) is 13.2 Å². The van der Waals surface area contributed by atoms with Crippen LogP contribution in [0.5, 0.6) is 0 Å². The van der Waals surface area contributed by atoms with Gasteiger partial charge in [-0.25, -0.2) is 0 Å². The van der Waals surface area contributed by atoms with Crippen LogP contribution in [0.3, 0.4) is 0 Å². The smallest absolute Gasteiger partial charge is 0.184 e. The quantitative estimate of drug-likeness (QED) is 0.851. The van der Waals surface area contributed by atoms with Crippen molar-refractivity contribution in [2.45, 2.75) is 37.0 Å². The molecule has 6 atom stereocenters. The molecule has 0 amide bonds. The van der Waals surface area contributed by atoms with Crippen LogP contribution in [0.25, 0.3) is 0 Å². The molecule has 2 fully saturated rings. The van der Waals surface area contributed by atoms with Crippen molar-refractivity contribution < 1.29 is 29.2 Å². The van der Waals surface area contributed by atoms with Gasteiger partial charge in [0.1, 0.15) is 24.4 Å². The first-order valence-corrected chi connectivity index (χ1v) is 8.73. The van der Waals surface area contributed by atoms with Crippen LogP contribution >= 0.6 is 0 Å². The molecule has 2 saturated heterocycles. The maximum atomic E-state index is 9.74. The second kappa shape index (κ2) is 7.84. The fourth-order valence-electron chi connectivity index (χ4n) is 3.40. The topological polar surface area (TPSA) is 77.4 Å². The van der Waals surface area contributed by atoms with Crippen molar-refractivity contribution in [3.8, 4) is 0 Å². The van der Waals surface area contributed by atoms with Gasteiger partial charge < -0.3 is 29.2 Å². The molecule has 0 unspecified atom stereocenters. The van der Waals surface area contributed by atoms with E-state index >= 15 is 0 Å². The molecule has 2 N–H and O–H groups in total. The van der Waals surface area contributed by atoms with Gasteiger partial charge in [0.25, 0.3) is 0 Å². The fraction of sp³-hybridized carbons (Fsp3) is 0.400. The summed E-state index contributed by atoms with van der Waals surface area (Å²) in [7, 11) is 0. The second-order valence-electron chi connectivity index (χ2n) is 6.40. The summed E-state index contributed by atoms with van der Waals surface area (Å²) < 4.78 is 23.8. The summed E-state index contributed by atoms with van der Waals surface area (Å²) in [6, 6.07) is 19.1. The van der Waals surface area contributed by atoms with E-state index in [0.29, 0.717) is 0 Å². The van der Waals surface area contributed by atoms with Crippen molar-refractivity contribution in [2.75, 3.05) is 13.2 Å². The Morgan fingerprint density at radius 2 is 0.962 bits per heavy atom. The summed E-state index contributed by atoms with van der Waals surface area (Å²) >= 11 is 0. The van der Waals surface area contributed by atoms with Crippen molar-refractivity contribution in [1.82, 2.24) is 0 Å². The molecule has 4 rings (SSSR count). The minimum atomic E-state index is -0.586. The van der Waals surface area contributed by atoms with Gasteiger partial charge in [0.05, 0.1) is 13.2 Å². The molecule has 0 aliphatic carbocycles. The van der Waals surface area contributed by atoms with Gasteiger partial charge in [-0.05, 0) is 0 Å². The average molecular weight is 358 g/mol. The molecule has 2 aromatic rings. The molecule has 2 aliphatic heterocycles. The number of aliphatic hydroxyl groups excluding tert-OH is 2. The molecular weight excluding hydrogens is 336 g/mol. The van der Waals surface area contributed by atoms with Crippen LogP contribution in [0.2, 0.25) is 0 Å². The molecule has 26 heavy (non-hydrogen) atoms. The van der Waals surface area contributed by atoms with Crippen LogP contribution in [0.1, 0.15) is 23.7 Å². The first kappa shape index (κ1) is 17.6. The molecule has 6 nitrogen and oxygen atoms in total. The molecule has 0 aromatic heterocycles. The summed E-state index contributed by atoms with van der Waals surface area (Å²) in [5.74, 6) is 0. The van der Waals surface area contributed by atoms with E-state index in [9.17, 15) is 10.2 Å². The van der Waals surface area contributed by atoms with Crippen LogP contribution in [0.4, 0.5) is 0 Å². The van der Waals surface area contributed by atoms with Gasteiger partial charge in [0.15, 0.2) is 12.6 Å². The number of benzene rings is 2. The third-order valence-corrected chi connectivity index (χ3v) is 4.72. The molecule has 6 heteroatoms. The van der Waals surface area contributed by atoms with E-state index < -0.39 is 37.0 Å². The minimum absolute atomic E-state index is 0.206. The zero-order chi connectivity index (χ0) is 17.9. The summed E-state index contributed by atoms with van der Waals surface area (Å²) in [5.41, 5.74) is 1.74. The zero-order valence-corrected chi connectivity index (χ0v) is 14.2. The van der Waals surface area contributed by atoms with Crippen molar-refractivity contribution >= 4 is 0 Å². The number of hydrogen-bond acceptors (Lipinski definition) is 6. The molecule has 2 aliphatic rings. The number of hydrogen-bond donors (Lipinski definition) is 2. The highest BCUT2D eigenvalue weighted by Crippen LogP contribution is 2.40. The Morgan fingerprint density at radius 3 is 1.31 bits per heavy atom. The number of rotatable bonds is 5. The zero-order valence-electron chi connectivity index (χ0n) is 14.2. The van der Waals surface area contributed by atoms with Crippen molar-refractivity contribution in [2.24, 2.45) is 0 Å². The Balaban J connectivity index is 1.53. The first-order valence-electron chi connectivity index (χ1n) is 8.73. The van der Waals surface area contributed by atoms with Gasteiger partial charge in [-0.1, -0.05) is 60.7 Å². The lowest BCUT2D eigenvalue weighted by atomic mass is 10.0. The Bertz CT molecular complexity index is 632. The monoisotopic (exact) mass is 358 g/mol. The lowest BCUT2D eigenvalue weighted by molar-refractivity contribution is -0.107. The molecule has 0 radical (unpaired) electrons. The largest absolute Gasteiger partial charge is 0.394 e. The second-order valence-corrected chi connectivity index (χ2v) is 6.40. The van der Waals surface area contributed by atoms with Crippen molar-refractivity contribution in [3.05, 3.63) is 71.8 Å². The van der Waals surface area contributed by atoms with Gasteiger partial charge in [-0.2, -0.15) is 0 Å². The molecule has 138 valence electrons. The number of ether oxygens (including phenoxy) is 4. The third-order valence-electron chi connectivity index (χ3n) is 4.72. The summed E-state index contributed by atoms with van der Waals surface area (Å²) in [5, 5.41) is 19.5. The molecule has 0 saturated carbocycles. The van der Waals surface area contributed by atoms with Crippen molar-refractivity contribution in [1.29, 1.82) is 0 Å². The standard InChI is InChI=1S/C20H22O6/c21-11-15-17(25-19(23-15)13-7-3-1-4-8-13)18-16(12-22)24-20(26-18)14-9-5-2-6-10-14/h1-10,15-22H,11-12H2/t15-,16-,17+,18+,19-,20-/m1/s1. The predicted octanol–water partition coefficient (Wildman–Crippen LogP) is 1.94. The normalized spacial score (nSPS) is 34.2. The van der Waals surface area contributed by atoms with Crippen LogP contribution in [-0.4, -0.2) is 47.8 Å². The minimum Gasteiger partial charge on any atom is -0.394 e. The molecule has 0 bridgehead atoms. The van der Waals surface area contributed by atoms with E-state index in [1.165, 1.54) is 0 Å². The first-order chi connectivity index (χ1) is 12.8. The average Bonchev–Trinajstić information content (AvgIpc) is 3.33. The lowest BCUT2D eigenvalue weighted by Crippen LogP contribution is -2.44. The highest BCUT2D eigenvalue weighted by Gasteiger charge is 2.49. The third kappa shape index (κ3) is 3.40. The van der Waals surface area contributed by atoms with Gasteiger partial charge >= 0.3 is 0 Å². The summed E-state index contributed by atoms with van der Waals surface area (Å²) in [6.45, 7) is -0.413. The maximum Gasteiger partial charge on any atom is 0.184 e. The van der Waals surface area contributed by atoms with E-state index in [1.807, 2.05) is 60.7 Å². The predicted molar refractivity (Wildman–Crippen MR) is 92.0 cm³/mol. The highest BCUT2D eigenvalue weighted by atomic mass is 16.8. The van der Waals surface area contributed by atoms with Crippen LogP contribution in [0.15, 0.2) is 60.7 Å². The number of aliphatic hydroxyl groups is 2. The van der Waals surface area contributed by atoms with Gasteiger partial charge in [-0.3, -0.25) is 0 Å². The Hall–Kier alpha value is -1.80. The Labute approximate surface area is 151 Å². The van der Waals surface area contributed by atoms with Crippen molar-refractivity contribution in [3.63, 3.8) is 0 Å². The van der Waals surface area contributed by atoms with E-state index in [4.69, 9.17) is 18.9 Å². The van der Waals surface area contributed by atoms with Gasteiger partial charge in [0, 0.05) is 11.1 Å². The molecule has 2 heterocycles. The van der Waals surface area contributed by atoms with E-state index in [1.54, 1.807) is 0 Å². The van der Waals surface area contributed by atoms with Gasteiger partial charge in [-0.15, -0.1) is 0 Å². The van der Waals surface area contributed by atoms with Crippen LogP contribution in [0, 0.1) is 0 Å². The van der Waals surface area contributed by atoms with E-state index in [2.05, 4.69) is 0 Å². The molecule has 2 aromatic carbocycles. The van der Waals surface area contributed by atoms with Gasteiger partial charge in [0.2, 0.25) is 0 Å². The molecule has 0 spiro atoms. The van der Waals surface area contributed by atoms with Crippen LogP contribution < -0.4 is 0 Å². The lowest BCUT2D eigenvalue weighted by Gasteiger charge is -2.23.